The van der Waals surface area contributed by atoms with E-state index in [-0.39, 0.29) is 0 Å². The molecular weight excluding hydrogens is 130 g/mol. The number of fused-ring (bicyclic) bond motifs is 1. The molecule has 0 atom stereocenters. The molecule has 0 fully saturated rings. The highest BCUT2D eigenvalue weighted by atomic mass is 15.5. The minimum Gasteiger partial charge on any atom is -0.321 e. The second kappa shape index (κ2) is 1.66. The molecule has 0 aromatic carbocycles. The summed E-state index contributed by atoms with van der Waals surface area (Å²) in [6.45, 7) is 0. The Kier molecular flexibility index (Phi) is 0.858. The third kappa shape index (κ3) is 0.540. The minimum absolute atomic E-state index is 0.648. The molecule has 0 aliphatic carbocycles. The topological polar surface area (TPSA) is 69.6 Å². The van der Waals surface area contributed by atoms with Gasteiger partial charge in [0.05, 0.1) is 11.6 Å². The van der Waals surface area contributed by atoms with Gasteiger partial charge in [-0.15, -0.1) is 0 Å². The van der Waals surface area contributed by atoms with Crippen LogP contribution < -0.4 is 5.84 Å². The molecule has 0 amide bonds. The first-order valence-electron chi connectivity index (χ1n) is 2.77. The first-order valence-corrected chi connectivity index (χ1v) is 2.77. The zero-order valence-corrected chi connectivity index (χ0v) is 5.10. The van der Waals surface area contributed by atoms with Crippen LogP contribution in [0.3, 0.4) is 0 Å². The van der Waals surface area contributed by atoms with E-state index < -0.39 is 0 Å². The van der Waals surface area contributed by atoms with E-state index in [0.717, 1.165) is 5.39 Å². The Bertz CT molecular complexity index is 352. The van der Waals surface area contributed by atoms with E-state index in [0.29, 0.717) is 5.65 Å². The molecule has 50 valence electrons. The fourth-order valence-electron chi connectivity index (χ4n) is 0.796. The summed E-state index contributed by atoms with van der Waals surface area (Å²) in [5.74, 6) is 5.39. The second-order valence-electron chi connectivity index (χ2n) is 1.89. The van der Waals surface area contributed by atoms with Crippen molar-refractivity contribution < 1.29 is 0 Å². The summed E-state index contributed by atoms with van der Waals surface area (Å²) in [5.41, 5.74) is 0.648. The van der Waals surface area contributed by atoms with Crippen molar-refractivity contribution in [3.8, 4) is 0 Å². The largest absolute Gasteiger partial charge is 0.321 e. The summed E-state index contributed by atoms with van der Waals surface area (Å²) in [7, 11) is 0. The van der Waals surface area contributed by atoms with Gasteiger partial charge in [-0.05, 0) is 0 Å². The molecule has 5 nitrogen and oxygen atoms in total. The highest BCUT2D eigenvalue weighted by Gasteiger charge is 1.97. The predicted octanol–water partition coefficient (Wildman–Crippen LogP) is -0.460. The van der Waals surface area contributed by atoms with E-state index in [1.807, 2.05) is 0 Å². The standard InChI is InChI=1S/C5H5N5/c6-10-5-4(2-9-10)1-7-3-8-5/h1-3H,6H2. The third-order valence-electron chi connectivity index (χ3n) is 1.26. The summed E-state index contributed by atoms with van der Waals surface area (Å²) in [6.07, 6.45) is 4.72. The lowest BCUT2D eigenvalue weighted by molar-refractivity contribution is 0.848. The van der Waals surface area contributed by atoms with Gasteiger partial charge in [-0.25, -0.2) is 9.97 Å². The normalized spacial score (nSPS) is 10.4. The van der Waals surface area contributed by atoms with Crippen LogP contribution in [0.15, 0.2) is 18.7 Å². The van der Waals surface area contributed by atoms with E-state index in [1.165, 1.54) is 11.1 Å². The van der Waals surface area contributed by atoms with Crippen LogP contribution in [0.1, 0.15) is 0 Å². The molecule has 0 saturated carbocycles. The molecule has 0 spiro atoms. The van der Waals surface area contributed by atoms with Gasteiger partial charge in [0.15, 0.2) is 5.65 Å². The molecule has 2 aromatic rings. The molecule has 0 bridgehead atoms. The minimum atomic E-state index is 0.648. The molecular formula is C5H5N5. The highest BCUT2D eigenvalue weighted by Crippen LogP contribution is 2.03. The fraction of sp³-hybridized carbons (Fsp3) is 0. The average Bonchev–Trinajstić information content (AvgIpc) is 2.34. The van der Waals surface area contributed by atoms with Crippen molar-refractivity contribution in [1.82, 2.24) is 19.9 Å². The van der Waals surface area contributed by atoms with E-state index in [4.69, 9.17) is 5.84 Å². The third-order valence-corrected chi connectivity index (χ3v) is 1.26. The first kappa shape index (κ1) is 5.16. The number of nitrogen functional groups attached to an aromatic ring is 1. The van der Waals surface area contributed by atoms with Crippen molar-refractivity contribution in [3.63, 3.8) is 0 Å². The van der Waals surface area contributed by atoms with Gasteiger partial charge in [-0.3, -0.25) is 0 Å². The number of nitrogens with zero attached hydrogens (tertiary/aromatic N) is 4. The molecule has 5 heteroatoms. The van der Waals surface area contributed by atoms with E-state index >= 15 is 0 Å². The fourth-order valence-corrected chi connectivity index (χ4v) is 0.796. The van der Waals surface area contributed by atoms with Gasteiger partial charge in [0.1, 0.15) is 6.33 Å². The summed E-state index contributed by atoms with van der Waals surface area (Å²) in [6, 6.07) is 0. The van der Waals surface area contributed by atoms with Crippen LogP contribution in [-0.4, -0.2) is 19.9 Å². The molecule has 2 heterocycles. The zero-order valence-electron chi connectivity index (χ0n) is 5.10. The van der Waals surface area contributed by atoms with Gasteiger partial charge >= 0.3 is 0 Å². The number of aromatic nitrogens is 4. The summed E-state index contributed by atoms with van der Waals surface area (Å²) in [5, 5.41) is 4.64. The molecule has 0 radical (unpaired) electrons. The summed E-state index contributed by atoms with van der Waals surface area (Å²) >= 11 is 0. The maximum absolute atomic E-state index is 5.39. The molecule has 0 saturated heterocycles. The van der Waals surface area contributed by atoms with Gasteiger partial charge in [0.2, 0.25) is 0 Å². The lowest BCUT2D eigenvalue weighted by Gasteiger charge is -1.88. The van der Waals surface area contributed by atoms with Crippen molar-refractivity contribution in [2.75, 3.05) is 5.84 Å². The molecule has 10 heavy (non-hydrogen) atoms. The zero-order chi connectivity index (χ0) is 6.97. The quantitative estimate of drug-likeness (QED) is 0.496. The van der Waals surface area contributed by atoms with Gasteiger partial charge < -0.3 is 5.84 Å². The van der Waals surface area contributed by atoms with Crippen molar-refractivity contribution in [2.24, 2.45) is 0 Å². The Labute approximate surface area is 56.5 Å². The lowest BCUT2D eigenvalue weighted by atomic mass is 10.5. The van der Waals surface area contributed by atoms with Gasteiger partial charge in [0.25, 0.3) is 0 Å². The number of hydrogen-bond donors (Lipinski definition) is 1. The second-order valence-corrected chi connectivity index (χ2v) is 1.89. The average molecular weight is 135 g/mol. The molecule has 0 aliphatic rings. The van der Waals surface area contributed by atoms with Crippen LogP contribution in [0.25, 0.3) is 11.0 Å². The van der Waals surface area contributed by atoms with Gasteiger partial charge in [0, 0.05) is 6.20 Å². The maximum Gasteiger partial charge on any atom is 0.183 e. The molecule has 2 N–H and O–H groups in total. The van der Waals surface area contributed by atoms with Crippen molar-refractivity contribution in [3.05, 3.63) is 18.7 Å². The van der Waals surface area contributed by atoms with Gasteiger partial charge in [-0.1, -0.05) is 0 Å². The Morgan fingerprint density at radius 2 is 2.30 bits per heavy atom. The molecule has 0 unspecified atom stereocenters. The number of hydrogen-bond acceptors (Lipinski definition) is 4. The maximum atomic E-state index is 5.39. The Morgan fingerprint density at radius 3 is 3.10 bits per heavy atom. The molecule has 0 aliphatic heterocycles. The summed E-state index contributed by atoms with van der Waals surface area (Å²) < 4.78 is 0. The SMILES string of the molecule is Nn1ncc2cncnc21. The lowest BCUT2D eigenvalue weighted by Crippen LogP contribution is -2.09. The van der Waals surface area contributed by atoms with Crippen molar-refractivity contribution >= 4 is 11.0 Å². The van der Waals surface area contributed by atoms with E-state index in [2.05, 4.69) is 15.1 Å². The van der Waals surface area contributed by atoms with Crippen molar-refractivity contribution in [2.45, 2.75) is 0 Å². The van der Waals surface area contributed by atoms with Gasteiger partial charge in [-0.2, -0.15) is 9.89 Å². The Balaban J connectivity index is 2.93. The van der Waals surface area contributed by atoms with Crippen LogP contribution >= 0.6 is 0 Å². The first-order chi connectivity index (χ1) is 4.88. The van der Waals surface area contributed by atoms with Crippen molar-refractivity contribution in [1.29, 1.82) is 0 Å². The van der Waals surface area contributed by atoms with Crippen LogP contribution in [0.5, 0.6) is 0 Å². The molecule has 2 aromatic heterocycles. The highest BCUT2D eigenvalue weighted by molar-refractivity contribution is 5.72. The van der Waals surface area contributed by atoms with E-state index in [1.54, 1.807) is 12.4 Å². The number of rotatable bonds is 0. The monoisotopic (exact) mass is 135 g/mol. The number of nitrogens with two attached hydrogens (primary N) is 1. The Hall–Kier alpha value is -1.65. The summed E-state index contributed by atoms with van der Waals surface area (Å²) in [4.78, 5) is 8.93. The van der Waals surface area contributed by atoms with Crippen LogP contribution in [0.2, 0.25) is 0 Å². The van der Waals surface area contributed by atoms with Crippen LogP contribution in [0.4, 0.5) is 0 Å². The predicted molar refractivity (Wildman–Crippen MR) is 35.5 cm³/mol. The smallest absolute Gasteiger partial charge is 0.183 e. The van der Waals surface area contributed by atoms with E-state index in [9.17, 15) is 0 Å². The van der Waals surface area contributed by atoms with Crippen LogP contribution in [0, 0.1) is 0 Å². The van der Waals surface area contributed by atoms with Crippen LogP contribution in [-0.2, 0) is 0 Å². The Morgan fingerprint density at radius 1 is 1.40 bits per heavy atom. The molecule has 2 rings (SSSR count).